The summed E-state index contributed by atoms with van der Waals surface area (Å²) < 4.78 is 0. The summed E-state index contributed by atoms with van der Waals surface area (Å²) in [5, 5.41) is 3.00. The molecular formula is C72H68B2N4Si2. The van der Waals surface area contributed by atoms with E-state index in [1.165, 1.54) is 145 Å². The number of aryl methyl sites for hydroxylation is 6. The first-order valence-electron chi connectivity index (χ1n) is 28.9. The summed E-state index contributed by atoms with van der Waals surface area (Å²) in [6.07, 6.45) is 0.980. The molecule has 390 valence electrons. The van der Waals surface area contributed by atoms with E-state index in [0.29, 0.717) is 0 Å². The first kappa shape index (κ1) is 50.2. The lowest BCUT2D eigenvalue weighted by Crippen LogP contribution is -2.64. The zero-order chi connectivity index (χ0) is 54.9. The standard InChI is InChI=1S/C72H68B2N4Si2/c1-47-20-29-54(30-21-47)76-62-35-26-50(4)44-58(62)74-59-45-51(5)27-36-63(59)78(56-33-24-49(3)25-34-56)72-68(41-39-66(76)70(72)74)80(9,10)43-42-52-28-37-64-60(46-52)73-57-18-14-15-19-61(57)75(53-16-12-11-13-17-53)65-38-40-67(79(6,7)8)71(69(65)73)77(64)55-31-22-48(2)23-32-55/h11-41,44-46H,42-43H2,1-10H3. The molecule has 10 aromatic carbocycles. The lowest BCUT2D eigenvalue weighted by atomic mass is 9.33. The Kier molecular flexibility index (Phi) is 11.8. The largest absolute Gasteiger partial charge is 0.312 e. The zero-order valence-corrected chi connectivity index (χ0v) is 50.0. The van der Waals surface area contributed by atoms with Crippen LogP contribution >= 0.6 is 0 Å². The topological polar surface area (TPSA) is 13.0 Å². The van der Waals surface area contributed by atoms with Crippen LogP contribution in [0.25, 0.3) is 0 Å². The molecule has 0 atom stereocenters. The number of fused-ring (bicyclic) bond motifs is 8. The number of para-hydroxylation sites is 2. The van der Waals surface area contributed by atoms with Gasteiger partial charge in [-0.3, -0.25) is 0 Å². The molecule has 0 unspecified atom stereocenters. The van der Waals surface area contributed by atoms with Crippen LogP contribution in [0.2, 0.25) is 38.8 Å². The van der Waals surface area contributed by atoms with Crippen molar-refractivity contribution in [3.05, 3.63) is 240 Å². The average molecular weight is 1070 g/mol. The van der Waals surface area contributed by atoms with Gasteiger partial charge in [0, 0.05) is 68.2 Å². The second kappa shape index (κ2) is 18.8. The van der Waals surface area contributed by atoms with Gasteiger partial charge in [-0.05, 0) is 181 Å². The molecule has 0 N–H and O–H groups in total. The third kappa shape index (κ3) is 8.00. The Morgan fingerprint density at radius 3 is 1.25 bits per heavy atom. The molecule has 0 aromatic heterocycles. The summed E-state index contributed by atoms with van der Waals surface area (Å²) in [5.41, 5.74) is 31.2. The van der Waals surface area contributed by atoms with Crippen molar-refractivity contribution in [3.8, 4) is 0 Å². The molecular weight excluding hydrogens is 999 g/mol. The van der Waals surface area contributed by atoms with Crippen molar-refractivity contribution < 1.29 is 0 Å². The molecule has 10 aromatic rings. The van der Waals surface area contributed by atoms with Crippen molar-refractivity contribution in [1.82, 2.24) is 0 Å². The molecule has 14 rings (SSSR count). The van der Waals surface area contributed by atoms with E-state index in [9.17, 15) is 0 Å². The van der Waals surface area contributed by atoms with Crippen molar-refractivity contribution in [2.24, 2.45) is 0 Å². The molecule has 0 saturated heterocycles. The monoisotopic (exact) mass is 1070 g/mol. The molecule has 8 heteroatoms. The minimum absolute atomic E-state index is 0.0613. The summed E-state index contributed by atoms with van der Waals surface area (Å²) in [7, 11) is -4.21. The van der Waals surface area contributed by atoms with Crippen LogP contribution in [-0.4, -0.2) is 29.6 Å². The smallest absolute Gasteiger partial charge is 0.252 e. The fourth-order valence-electron chi connectivity index (χ4n) is 13.9. The quantitative estimate of drug-likeness (QED) is 0.134. The van der Waals surface area contributed by atoms with E-state index in [1.54, 1.807) is 0 Å². The van der Waals surface area contributed by atoms with Gasteiger partial charge < -0.3 is 19.6 Å². The Morgan fingerprint density at radius 1 is 0.325 bits per heavy atom. The Hall–Kier alpha value is -8.04. The molecule has 4 nitrogen and oxygen atoms in total. The van der Waals surface area contributed by atoms with Crippen LogP contribution in [0.5, 0.6) is 0 Å². The maximum atomic E-state index is 2.66. The lowest BCUT2D eigenvalue weighted by Gasteiger charge is -2.46. The molecule has 0 amide bonds. The van der Waals surface area contributed by atoms with Crippen molar-refractivity contribution in [3.63, 3.8) is 0 Å². The van der Waals surface area contributed by atoms with E-state index in [1.807, 2.05) is 0 Å². The maximum Gasteiger partial charge on any atom is 0.252 e. The summed E-state index contributed by atoms with van der Waals surface area (Å²) in [5.74, 6) is 0. The summed E-state index contributed by atoms with van der Waals surface area (Å²) >= 11 is 0. The average Bonchev–Trinajstić information content (AvgIpc) is 3.51. The van der Waals surface area contributed by atoms with Gasteiger partial charge in [0.15, 0.2) is 0 Å². The number of hydrogen-bond acceptors (Lipinski definition) is 4. The molecule has 0 radical (unpaired) electrons. The highest BCUT2D eigenvalue weighted by Gasteiger charge is 2.48. The fourth-order valence-corrected chi connectivity index (χ4v) is 18.1. The van der Waals surface area contributed by atoms with E-state index in [2.05, 4.69) is 293 Å². The molecule has 4 aliphatic rings. The molecule has 4 heterocycles. The molecule has 4 aliphatic heterocycles. The third-order valence-electron chi connectivity index (χ3n) is 18.0. The van der Waals surface area contributed by atoms with Crippen LogP contribution in [0.4, 0.5) is 68.2 Å². The Morgan fingerprint density at radius 2 is 0.713 bits per heavy atom. The highest BCUT2D eigenvalue weighted by atomic mass is 28.3. The minimum Gasteiger partial charge on any atom is -0.312 e. The second-order valence-electron chi connectivity index (χ2n) is 25.0. The lowest BCUT2D eigenvalue weighted by molar-refractivity contribution is 1.10. The van der Waals surface area contributed by atoms with E-state index < -0.39 is 16.1 Å². The maximum absolute atomic E-state index is 2.66. The number of nitrogens with zero attached hydrogens (tertiary/aromatic N) is 4. The summed E-state index contributed by atoms with van der Waals surface area (Å²) in [6, 6.07) is 80.9. The Labute approximate surface area is 477 Å². The molecule has 0 bridgehead atoms. The van der Waals surface area contributed by atoms with Crippen LogP contribution in [0.3, 0.4) is 0 Å². The first-order valence-corrected chi connectivity index (χ1v) is 35.6. The van der Waals surface area contributed by atoms with Crippen molar-refractivity contribution in [1.29, 1.82) is 0 Å². The van der Waals surface area contributed by atoms with Gasteiger partial charge >= 0.3 is 0 Å². The van der Waals surface area contributed by atoms with E-state index >= 15 is 0 Å². The highest BCUT2D eigenvalue weighted by Crippen LogP contribution is 2.47. The zero-order valence-electron chi connectivity index (χ0n) is 48.0. The van der Waals surface area contributed by atoms with Crippen molar-refractivity contribution >= 4 is 141 Å². The third-order valence-corrected chi connectivity index (χ3v) is 23.3. The molecule has 80 heavy (non-hydrogen) atoms. The Balaban J connectivity index is 0.944. The second-order valence-corrected chi connectivity index (χ2v) is 34.9. The number of rotatable bonds is 9. The van der Waals surface area contributed by atoms with Crippen molar-refractivity contribution in [2.45, 2.75) is 79.8 Å². The Bertz CT molecular complexity index is 4100. The van der Waals surface area contributed by atoms with Gasteiger partial charge in [-0.1, -0.05) is 182 Å². The van der Waals surface area contributed by atoms with Crippen LogP contribution < -0.4 is 62.7 Å². The SMILES string of the molecule is Cc1ccc(N2c3ccc(C)cc3B3c4cc(C)ccc4N(c4ccc(C)cc4)c4c([Si](C)(C)CCc5ccc6c(c5)B5c7ccccc7N(c7ccccc7)c7ccc([Si](C)(C)C)c(c75)N6c5ccc(C)cc5)ccc2c43)cc1. The number of anilines is 12. The summed E-state index contributed by atoms with van der Waals surface area (Å²) in [6.45, 7) is 24.1. The van der Waals surface area contributed by atoms with Gasteiger partial charge in [0.2, 0.25) is 0 Å². The fraction of sp³-hybridized carbons (Fsp3) is 0.167. The van der Waals surface area contributed by atoms with Gasteiger partial charge in [-0.25, -0.2) is 0 Å². The van der Waals surface area contributed by atoms with Gasteiger partial charge in [-0.2, -0.15) is 0 Å². The van der Waals surface area contributed by atoms with E-state index in [-0.39, 0.29) is 13.4 Å². The molecule has 0 aliphatic carbocycles. The van der Waals surface area contributed by atoms with Crippen LogP contribution in [0.1, 0.15) is 33.4 Å². The van der Waals surface area contributed by atoms with Crippen molar-refractivity contribution in [2.75, 3.05) is 19.6 Å². The number of hydrogen-bond donors (Lipinski definition) is 0. The summed E-state index contributed by atoms with van der Waals surface area (Å²) in [4.78, 5) is 10.4. The van der Waals surface area contributed by atoms with Crippen LogP contribution in [-0.2, 0) is 6.42 Å². The number of benzene rings is 10. The molecule has 0 fully saturated rings. The van der Waals surface area contributed by atoms with Crippen LogP contribution in [0, 0.1) is 34.6 Å². The van der Waals surface area contributed by atoms with Gasteiger partial charge in [0.05, 0.1) is 16.1 Å². The normalized spacial score (nSPS) is 13.8. The first-order chi connectivity index (χ1) is 38.6. The minimum atomic E-state index is -2.30. The molecule has 0 saturated carbocycles. The van der Waals surface area contributed by atoms with E-state index in [4.69, 9.17) is 0 Å². The van der Waals surface area contributed by atoms with Gasteiger partial charge in [0.25, 0.3) is 13.4 Å². The van der Waals surface area contributed by atoms with E-state index in [0.717, 1.165) is 12.5 Å². The predicted molar refractivity (Wildman–Crippen MR) is 353 cm³/mol. The molecule has 0 spiro atoms. The van der Waals surface area contributed by atoms with Crippen LogP contribution in [0.15, 0.2) is 206 Å². The highest BCUT2D eigenvalue weighted by molar-refractivity contribution is 7.03. The predicted octanol–water partition coefficient (Wildman–Crippen LogP) is 14.1. The van der Waals surface area contributed by atoms with Gasteiger partial charge in [-0.15, -0.1) is 0 Å². The van der Waals surface area contributed by atoms with Gasteiger partial charge in [0.1, 0.15) is 0 Å².